The molecule has 0 aromatic carbocycles. The minimum Gasteiger partial charge on any atom is -0.321 e. The molecule has 0 radical (unpaired) electrons. The number of nitrogens with two attached hydrogens (primary N) is 1. The van der Waals surface area contributed by atoms with E-state index in [4.69, 9.17) is 28.9 Å². The minimum absolute atomic E-state index is 0.202. The van der Waals surface area contributed by atoms with E-state index in [0.717, 1.165) is 0 Å². The van der Waals surface area contributed by atoms with Crippen LogP contribution in [-0.4, -0.2) is 28.5 Å². The fourth-order valence-corrected chi connectivity index (χ4v) is 1.86. The van der Waals surface area contributed by atoms with Crippen LogP contribution in [0, 0.1) is 5.41 Å². The van der Waals surface area contributed by atoms with Gasteiger partial charge in [-0.1, -0.05) is 50.0 Å². The highest BCUT2D eigenvalue weighted by atomic mass is 35.5. The monoisotopic (exact) mass is 252 g/mol. The average Bonchev–Trinajstić information content (AvgIpc) is 2.02. The Bertz CT molecular complexity index is 229. The van der Waals surface area contributed by atoms with E-state index in [2.05, 4.69) is 6.58 Å². The number of hydrogen-bond acceptors (Lipinski definition) is 2. The molecule has 0 heterocycles. The molecule has 1 atom stereocenters. The lowest BCUT2D eigenvalue weighted by Crippen LogP contribution is -2.66. The molecular formula is C11H22Cl2N2. The number of nitrogens with zero attached hydrogens (tertiary/aromatic N) is 1. The summed E-state index contributed by atoms with van der Waals surface area (Å²) >= 11 is 12.7. The molecule has 0 aromatic heterocycles. The van der Waals surface area contributed by atoms with E-state index in [1.807, 2.05) is 34.7 Å². The van der Waals surface area contributed by atoms with Gasteiger partial charge in [0, 0.05) is 6.54 Å². The highest BCUT2D eigenvalue weighted by Gasteiger charge is 2.52. The summed E-state index contributed by atoms with van der Waals surface area (Å²) in [5.41, 5.74) is 5.33. The van der Waals surface area contributed by atoms with Crippen molar-refractivity contribution in [2.75, 3.05) is 13.6 Å². The van der Waals surface area contributed by atoms with Crippen molar-refractivity contribution in [2.24, 2.45) is 11.1 Å². The van der Waals surface area contributed by atoms with E-state index in [9.17, 15) is 0 Å². The Balaban J connectivity index is 5.08. The molecule has 15 heavy (non-hydrogen) atoms. The highest BCUT2D eigenvalue weighted by Crippen LogP contribution is 2.44. The SMILES string of the molecule is C=CCN(C)C(Cl)(Cl)C(C)(N)C(C)(C)C. The normalized spacial score (nSPS) is 17.7. The van der Waals surface area contributed by atoms with Gasteiger partial charge in [0.1, 0.15) is 0 Å². The van der Waals surface area contributed by atoms with Crippen LogP contribution < -0.4 is 5.73 Å². The predicted molar refractivity (Wildman–Crippen MR) is 69.3 cm³/mol. The smallest absolute Gasteiger partial charge is 0.189 e. The first kappa shape index (κ1) is 15.2. The van der Waals surface area contributed by atoms with Gasteiger partial charge in [-0.25, -0.2) is 0 Å². The molecule has 4 heteroatoms. The summed E-state index contributed by atoms with van der Waals surface area (Å²) in [6.45, 7) is 12.2. The molecular weight excluding hydrogens is 231 g/mol. The molecule has 90 valence electrons. The predicted octanol–water partition coefficient (Wildman–Crippen LogP) is 3.00. The fourth-order valence-electron chi connectivity index (χ4n) is 1.16. The van der Waals surface area contributed by atoms with Crippen LogP contribution in [0.3, 0.4) is 0 Å². The zero-order chi connectivity index (χ0) is 12.5. The number of hydrogen-bond donors (Lipinski definition) is 1. The van der Waals surface area contributed by atoms with Crippen molar-refractivity contribution in [3.8, 4) is 0 Å². The third-order valence-corrected chi connectivity index (χ3v) is 4.43. The Hall–Kier alpha value is 0.240. The second-order valence-electron chi connectivity index (χ2n) is 5.16. The summed E-state index contributed by atoms with van der Waals surface area (Å²) < 4.78 is -1.13. The van der Waals surface area contributed by atoms with E-state index < -0.39 is 10.00 Å². The van der Waals surface area contributed by atoms with Gasteiger partial charge in [-0.05, 0) is 19.4 Å². The molecule has 0 aliphatic heterocycles. The maximum atomic E-state index is 6.36. The Kier molecular flexibility index (Phi) is 4.70. The molecule has 0 spiro atoms. The molecule has 0 bridgehead atoms. The van der Waals surface area contributed by atoms with Crippen LogP contribution in [0.15, 0.2) is 12.7 Å². The molecule has 0 aliphatic rings. The quantitative estimate of drug-likeness (QED) is 0.474. The lowest BCUT2D eigenvalue weighted by atomic mass is 9.75. The summed E-state index contributed by atoms with van der Waals surface area (Å²) in [5, 5.41) is 0. The third kappa shape index (κ3) is 2.88. The maximum Gasteiger partial charge on any atom is 0.189 e. The van der Waals surface area contributed by atoms with Crippen molar-refractivity contribution < 1.29 is 0 Å². The zero-order valence-electron chi connectivity index (χ0n) is 10.3. The van der Waals surface area contributed by atoms with Crippen LogP contribution in [0.25, 0.3) is 0 Å². The molecule has 0 saturated carbocycles. The molecule has 0 aromatic rings. The Morgan fingerprint density at radius 1 is 1.27 bits per heavy atom. The second-order valence-corrected chi connectivity index (χ2v) is 6.45. The standard InChI is InChI=1S/C11H22Cl2N2/c1-7-8-15(6)11(12,13)10(5,14)9(2,3)4/h7H,1,8,14H2,2-6H3. The summed E-state index contributed by atoms with van der Waals surface area (Å²) in [6, 6.07) is 0. The first-order valence-electron chi connectivity index (χ1n) is 4.97. The lowest BCUT2D eigenvalue weighted by molar-refractivity contribution is 0.103. The van der Waals surface area contributed by atoms with Crippen LogP contribution in [0.4, 0.5) is 0 Å². The van der Waals surface area contributed by atoms with Crippen LogP contribution in [0.1, 0.15) is 27.7 Å². The molecule has 0 rings (SSSR count). The molecule has 2 N–H and O–H groups in total. The van der Waals surface area contributed by atoms with Crippen LogP contribution >= 0.6 is 23.2 Å². The largest absolute Gasteiger partial charge is 0.321 e. The van der Waals surface area contributed by atoms with Gasteiger partial charge < -0.3 is 5.73 Å². The van der Waals surface area contributed by atoms with Crippen LogP contribution in [0.2, 0.25) is 0 Å². The number of halogens is 2. The van der Waals surface area contributed by atoms with Gasteiger partial charge in [-0.3, -0.25) is 4.90 Å². The van der Waals surface area contributed by atoms with Gasteiger partial charge in [-0.2, -0.15) is 0 Å². The van der Waals surface area contributed by atoms with E-state index in [-0.39, 0.29) is 5.41 Å². The first-order valence-corrected chi connectivity index (χ1v) is 5.73. The summed E-state index contributed by atoms with van der Waals surface area (Å²) in [6.07, 6.45) is 1.75. The zero-order valence-corrected chi connectivity index (χ0v) is 11.8. The van der Waals surface area contributed by atoms with Crippen molar-refractivity contribution in [1.29, 1.82) is 0 Å². The van der Waals surface area contributed by atoms with E-state index in [1.54, 1.807) is 11.0 Å². The van der Waals surface area contributed by atoms with Crippen LogP contribution in [0.5, 0.6) is 0 Å². The maximum absolute atomic E-state index is 6.36. The van der Waals surface area contributed by atoms with Gasteiger partial charge in [0.25, 0.3) is 0 Å². The fraction of sp³-hybridized carbons (Fsp3) is 0.818. The average molecular weight is 253 g/mol. The number of rotatable bonds is 4. The van der Waals surface area contributed by atoms with Gasteiger partial charge >= 0.3 is 0 Å². The third-order valence-electron chi connectivity index (χ3n) is 3.07. The van der Waals surface area contributed by atoms with Gasteiger partial charge in [-0.15, -0.1) is 6.58 Å². The summed E-state index contributed by atoms with van der Waals surface area (Å²) in [7, 11) is 1.83. The van der Waals surface area contributed by atoms with E-state index in [0.29, 0.717) is 6.54 Å². The molecule has 2 nitrogen and oxygen atoms in total. The van der Waals surface area contributed by atoms with E-state index in [1.165, 1.54) is 0 Å². The molecule has 0 saturated heterocycles. The Morgan fingerprint density at radius 3 is 1.93 bits per heavy atom. The van der Waals surface area contributed by atoms with E-state index >= 15 is 0 Å². The van der Waals surface area contributed by atoms with Crippen molar-refractivity contribution in [2.45, 2.75) is 37.7 Å². The topological polar surface area (TPSA) is 29.3 Å². The summed E-state index contributed by atoms with van der Waals surface area (Å²) in [4.78, 5) is 1.79. The van der Waals surface area contributed by atoms with Crippen molar-refractivity contribution >= 4 is 23.2 Å². The molecule has 0 aliphatic carbocycles. The number of likely N-dealkylation sites (N-methyl/N-ethyl adjacent to an activating group) is 1. The second kappa shape index (κ2) is 4.62. The first-order chi connectivity index (χ1) is 6.48. The Morgan fingerprint density at radius 2 is 1.67 bits per heavy atom. The number of alkyl halides is 2. The minimum atomic E-state index is -1.13. The van der Waals surface area contributed by atoms with Crippen molar-refractivity contribution in [1.82, 2.24) is 4.90 Å². The summed E-state index contributed by atoms with van der Waals surface area (Å²) in [5.74, 6) is 0. The molecule has 0 fully saturated rings. The lowest BCUT2D eigenvalue weighted by Gasteiger charge is -2.50. The van der Waals surface area contributed by atoms with Crippen LogP contribution in [-0.2, 0) is 0 Å². The Labute approximate surface area is 103 Å². The van der Waals surface area contributed by atoms with Gasteiger partial charge in [0.2, 0.25) is 0 Å². The molecule has 1 unspecified atom stereocenters. The highest BCUT2D eigenvalue weighted by molar-refractivity contribution is 6.49. The van der Waals surface area contributed by atoms with Gasteiger partial charge in [0.15, 0.2) is 4.46 Å². The van der Waals surface area contributed by atoms with Crippen molar-refractivity contribution in [3.63, 3.8) is 0 Å². The van der Waals surface area contributed by atoms with Gasteiger partial charge in [0.05, 0.1) is 5.54 Å². The van der Waals surface area contributed by atoms with Crippen molar-refractivity contribution in [3.05, 3.63) is 12.7 Å². The molecule has 0 amide bonds.